The third kappa shape index (κ3) is 5.36. The van der Waals surface area contributed by atoms with E-state index in [-0.39, 0.29) is 21.9 Å². The van der Waals surface area contributed by atoms with E-state index >= 15 is 0 Å². The average Bonchev–Trinajstić information content (AvgIpc) is 3.04. The molecule has 32 heavy (non-hydrogen) atoms. The van der Waals surface area contributed by atoms with Crippen molar-refractivity contribution in [2.24, 2.45) is 0 Å². The minimum absolute atomic E-state index is 0.0855. The summed E-state index contributed by atoms with van der Waals surface area (Å²) in [6.07, 6.45) is -1.30. The van der Waals surface area contributed by atoms with E-state index < -0.39 is 32.7 Å². The number of carbonyl (C=O) groups excluding carboxylic acids is 1. The normalized spacial score (nSPS) is 15.8. The molecule has 0 unspecified atom stereocenters. The van der Waals surface area contributed by atoms with E-state index in [1.54, 1.807) is 0 Å². The van der Waals surface area contributed by atoms with Gasteiger partial charge in [-0.3, -0.25) is 4.79 Å². The van der Waals surface area contributed by atoms with Crippen LogP contribution >= 0.6 is 11.6 Å². The molecule has 0 aliphatic carbocycles. The van der Waals surface area contributed by atoms with E-state index in [2.05, 4.69) is 5.32 Å². The number of hydrogen-bond acceptors (Lipinski definition) is 4. The number of carbonyl (C=O) groups is 1. The van der Waals surface area contributed by atoms with Crippen LogP contribution in [0, 0.1) is 0 Å². The summed E-state index contributed by atoms with van der Waals surface area (Å²) < 4.78 is 72.0. The Hall–Kier alpha value is -2.30. The molecule has 3 rings (SSSR count). The second kappa shape index (κ2) is 9.68. The number of anilines is 1. The molecule has 2 aromatic rings. The first-order chi connectivity index (χ1) is 15.0. The van der Waals surface area contributed by atoms with Crippen molar-refractivity contribution >= 4 is 33.2 Å². The van der Waals surface area contributed by atoms with E-state index in [4.69, 9.17) is 16.3 Å². The number of amides is 1. The Kier molecular flexibility index (Phi) is 7.36. The van der Waals surface area contributed by atoms with Crippen LogP contribution in [-0.4, -0.2) is 38.8 Å². The highest BCUT2D eigenvalue weighted by atomic mass is 35.5. The number of halogens is 4. The molecular weight excluding hydrogens is 469 g/mol. The first kappa shape index (κ1) is 24.3. The van der Waals surface area contributed by atoms with Crippen LogP contribution in [0.4, 0.5) is 18.9 Å². The highest BCUT2D eigenvalue weighted by molar-refractivity contribution is 7.89. The van der Waals surface area contributed by atoms with Crippen LogP contribution in [0.25, 0.3) is 0 Å². The van der Waals surface area contributed by atoms with Crippen LogP contribution in [0.5, 0.6) is 5.75 Å². The quantitative estimate of drug-likeness (QED) is 0.626. The molecule has 2 aromatic carbocycles. The van der Waals surface area contributed by atoms with Gasteiger partial charge in [-0.2, -0.15) is 17.5 Å². The monoisotopic (exact) mass is 490 g/mol. The van der Waals surface area contributed by atoms with Crippen molar-refractivity contribution in [2.75, 3.05) is 25.5 Å². The van der Waals surface area contributed by atoms with Crippen LogP contribution in [0.2, 0.25) is 5.02 Å². The lowest BCUT2D eigenvalue weighted by atomic mass is 10.1. The van der Waals surface area contributed by atoms with Gasteiger partial charge >= 0.3 is 6.18 Å². The summed E-state index contributed by atoms with van der Waals surface area (Å²) in [5.41, 5.74) is -1.36. The van der Waals surface area contributed by atoms with E-state index in [0.717, 1.165) is 31.7 Å². The summed E-state index contributed by atoms with van der Waals surface area (Å²) >= 11 is 5.61. The fourth-order valence-electron chi connectivity index (χ4n) is 3.47. The fraction of sp³-hybridized carbons (Fsp3) is 0.381. The summed E-state index contributed by atoms with van der Waals surface area (Å²) in [6, 6.07) is 6.83. The molecule has 6 nitrogen and oxygen atoms in total. The molecule has 11 heteroatoms. The highest BCUT2D eigenvalue weighted by Gasteiger charge is 2.33. The number of rotatable bonds is 5. The van der Waals surface area contributed by atoms with Crippen LogP contribution in [0.15, 0.2) is 41.3 Å². The predicted molar refractivity (Wildman–Crippen MR) is 115 cm³/mol. The number of hydrogen-bond donors (Lipinski definition) is 1. The lowest BCUT2D eigenvalue weighted by Gasteiger charge is -2.20. The SMILES string of the molecule is COc1ccc(S(=O)(=O)N2CCCCCC2)cc1C(=O)Nc1ccc(Cl)c(C(F)(F)F)c1. The van der Waals surface area contributed by atoms with Gasteiger partial charge in [-0.1, -0.05) is 24.4 Å². The summed E-state index contributed by atoms with van der Waals surface area (Å²) in [7, 11) is -2.53. The summed E-state index contributed by atoms with van der Waals surface area (Å²) in [5.74, 6) is -0.729. The molecular formula is C21H22ClF3N2O4S. The van der Waals surface area contributed by atoms with E-state index in [1.165, 1.54) is 35.7 Å². The Bertz CT molecular complexity index is 1100. The smallest absolute Gasteiger partial charge is 0.417 e. The minimum Gasteiger partial charge on any atom is -0.496 e. The van der Waals surface area contributed by atoms with Gasteiger partial charge in [-0.05, 0) is 49.2 Å². The average molecular weight is 491 g/mol. The van der Waals surface area contributed by atoms with Crippen LogP contribution in [0.1, 0.15) is 41.6 Å². The van der Waals surface area contributed by atoms with Gasteiger partial charge in [0.2, 0.25) is 10.0 Å². The van der Waals surface area contributed by atoms with E-state index in [1.807, 2.05) is 0 Å². The second-order valence-corrected chi connectivity index (χ2v) is 9.67. The van der Waals surface area contributed by atoms with Gasteiger partial charge in [0.1, 0.15) is 5.75 Å². The Morgan fingerprint density at radius 1 is 1.06 bits per heavy atom. The molecule has 1 heterocycles. The Morgan fingerprint density at radius 3 is 2.31 bits per heavy atom. The molecule has 0 atom stereocenters. The largest absolute Gasteiger partial charge is 0.496 e. The lowest BCUT2D eigenvalue weighted by molar-refractivity contribution is -0.137. The molecule has 1 saturated heterocycles. The minimum atomic E-state index is -4.70. The zero-order valence-corrected chi connectivity index (χ0v) is 18.8. The van der Waals surface area contributed by atoms with Crippen molar-refractivity contribution in [1.29, 1.82) is 0 Å². The number of nitrogens with one attached hydrogen (secondary N) is 1. The van der Waals surface area contributed by atoms with Crippen LogP contribution < -0.4 is 10.1 Å². The molecule has 0 aromatic heterocycles. The highest BCUT2D eigenvalue weighted by Crippen LogP contribution is 2.36. The van der Waals surface area contributed by atoms with Gasteiger partial charge in [-0.25, -0.2) is 8.42 Å². The third-order valence-corrected chi connectivity index (χ3v) is 7.37. The zero-order valence-electron chi connectivity index (χ0n) is 17.2. The van der Waals surface area contributed by atoms with Gasteiger partial charge in [0, 0.05) is 18.8 Å². The van der Waals surface area contributed by atoms with Crippen molar-refractivity contribution in [3.05, 3.63) is 52.5 Å². The van der Waals surface area contributed by atoms with Gasteiger partial charge in [-0.15, -0.1) is 0 Å². The number of benzene rings is 2. The number of ether oxygens (including phenoxy) is 1. The molecule has 0 bridgehead atoms. The lowest BCUT2D eigenvalue weighted by Crippen LogP contribution is -2.32. The molecule has 1 amide bonds. The van der Waals surface area contributed by atoms with Crippen molar-refractivity contribution in [2.45, 2.75) is 36.8 Å². The Morgan fingerprint density at radius 2 is 1.72 bits per heavy atom. The molecule has 1 fully saturated rings. The molecule has 1 aliphatic heterocycles. The maximum Gasteiger partial charge on any atom is 0.417 e. The van der Waals surface area contributed by atoms with Crippen molar-refractivity contribution < 1.29 is 31.1 Å². The Balaban J connectivity index is 1.93. The predicted octanol–water partition coefficient (Wildman–Crippen LogP) is 5.18. The zero-order chi connectivity index (χ0) is 23.5. The van der Waals surface area contributed by atoms with Gasteiger partial charge in [0.05, 0.1) is 28.2 Å². The van der Waals surface area contributed by atoms with Gasteiger partial charge in [0.15, 0.2) is 0 Å². The van der Waals surface area contributed by atoms with E-state index in [0.29, 0.717) is 19.2 Å². The topological polar surface area (TPSA) is 75.7 Å². The molecule has 0 spiro atoms. The summed E-state index contributed by atoms with van der Waals surface area (Å²) in [5, 5.41) is 1.85. The fourth-order valence-corrected chi connectivity index (χ4v) is 5.24. The number of methoxy groups -OCH3 is 1. The van der Waals surface area contributed by atoms with E-state index in [9.17, 15) is 26.4 Å². The third-order valence-electron chi connectivity index (χ3n) is 5.15. The van der Waals surface area contributed by atoms with Crippen molar-refractivity contribution in [1.82, 2.24) is 4.31 Å². The molecule has 1 N–H and O–H groups in total. The molecule has 0 radical (unpaired) electrons. The van der Waals surface area contributed by atoms with Crippen LogP contribution in [0.3, 0.4) is 0 Å². The van der Waals surface area contributed by atoms with Crippen LogP contribution in [-0.2, 0) is 16.2 Å². The first-order valence-corrected chi connectivity index (χ1v) is 11.7. The van der Waals surface area contributed by atoms with Crippen molar-refractivity contribution in [3.63, 3.8) is 0 Å². The molecule has 1 aliphatic rings. The standard InChI is InChI=1S/C21H22ClF3N2O4S/c1-31-19-9-7-15(32(29,30)27-10-4-2-3-5-11-27)13-16(19)20(28)26-14-6-8-18(22)17(12-14)21(23,24)25/h6-9,12-13H,2-5,10-11H2,1H3,(H,26,28). The number of nitrogens with zero attached hydrogens (tertiary/aromatic N) is 1. The molecule has 0 saturated carbocycles. The summed E-state index contributed by atoms with van der Waals surface area (Å²) in [6.45, 7) is 0.780. The van der Waals surface area contributed by atoms with Gasteiger partial charge < -0.3 is 10.1 Å². The first-order valence-electron chi connectivity index (χ1n) is 9.90. The molecule has 174 valence electrons. The Labute approximate surface area is 189 Å². The summed E-state index contributed by atoms with van der Waals surface area (Å²) in [4.78, 5) is 12.8. The number of sulfonamides is 1. The number of alkyl halides is 3. The maximum absolute atomic E-state index is 13.1. The maximum atomic E-state index is 13.1. The van der Waals surface area contributed by atoms with Gasteiger partial charge in [0.25, 0.3) is 5.91 Å². The van der Waals surface area contributed by atoms with Crippen molar-refractivity contribution in [3.8, 4) is 5.75 Å². The second-order valence-electron chi connectivity index (χ2n) is 7.33.